The van der Waals surface area contributed by atoms with Gasteiger partial charge in [-0.15, -0.1) is 0 Å². The molecule has 16 heavy (non-hydrogen) atoms. The average Bonchev–Trinajstić information content (AvgIpc) is 2.77. The van der Waals surface area contributed by atoms with E-state index in [0.717, 1.165) is 32.2 Å². The predicted molar refractivity (Wildman–Crippen MR) is 63.3 cm³/mol. The highest BCUT2D eigenvalue weighted by molar-refractivity contribution is 5.83. The minimum atomic E-state index is 0.206. The zero-order valence-electron chi connectivity index (χ0n) is 10.0. The molecule has 1 aliphatic carbocycles. The van der Waals surface area contributed by atoms with Crippen LogP contribution in [0.4, 0.5) is 0 Å². The zero-order chi connectivity index (χ0) is 11.4. The number of carbonyl (C=O) groups is 1. The highest BCUT2D eigenvalue weighted by Gasteiger charge is 2.28. The molecule has 1 saturated heterocycles. The molecule has 0 bridgehead atoms. The van der Waals surface area contributed by atoms with Crippen LogP contribution in [0.1, 0.15) is 44.9 Å². The minimum Gasteiger partial charge on any atom is -0.395 e. The van der Waals surface area contributed by atoms with Gasteiger partial charge in [-0.05, 0) is 32.2 Å². The first kappa shape index (κ1) is 12.1. The van der Waals surface area contributed by atoms with E-state index >= 15 is 0 Å². The molecule has 0 spiro atoms. The highest BCUT2D eigenvalue weighted by Crippen LogP contribution is 2.25. The summed E-state index contributed by atoms with van der Waals surface area (Å²) in [5.41, 5.74) is 0. The molecule has 1 saturated carbocycles. The number of nitrogens with zero attached hydrogens (tertiary/aromatic N) is 1. The van der Waals surface area contributed by atoms with Crippen molar-refractivity contribution in [3.8, 4) is 0 Å². The molecule has 3 heteroatoms. The summed E-state index contributed by atoms with van der Waals surface area (Å²) in [5, 5.41) is 9.21. The van der Waals surface area contributed by atoms with Crippen LogP contribution in [-0.2, 0) is 4.79 Å². The summed E-state index contributed by atoms with van der Waals surface area (Å²) in [6.07, 6.45) is 8.11. The predicted octanol–water partition coefficient (Wildman–Crippen LogP) is 1.59. The van der Waals surface area contributed by atoms with Crippen LogP contribution in [0, 0.1) is 5.92 Å². The molecule has 92 valence electrons. The van der Waals surface area contributed by atoms with E-state index < -0.39 is 0 Å². The standard InChI is InChI=1S/C13H23NO2/c15-10-12-7-4-8-14(12)9-13(16)11-5-2-1-3-6-11/h11-12,15H,1-10H2. The van der Waals surface area contributed by atoms with Crippen molar-refractivity contribution in [1.29, 1.82) is 0 Å². The number of ketones is 1. The lowest BCUT2D eigenvalue weighted by Gasteiger charge is -2.26. The summed E-state index contributed by atoms with van der Waals surface area (Å²) in [4.78, 5) is 14.3. The molecule has 1 heterocycles. The Kier molecular flexibility index (Phi) is 4.36. The maximum atomic E-state index is 12.1. The molecule has 1 aliphatic heterocycles. The Labute approximate surface area is 97.8 Å². The lowest BCUT2D eigenvalue weighted by atomic mass is 9.86. The van der Waals surface area contributed by atoms with Gasteiger partial charge >= 0.3 is 0 Å². The van der Waals surface area contributed by atoms with Crippen LogP contribution in [0.2, 0.25) is 0 Å². The van der Waals surface area contributed by atoms with Crippen LogP contribution in [-0.4, -0.2) is 41.5 Å². The van der Waals surface area contributed by atoms with Gasteiger partial charge in [0.25, 0.3) is 0 Å². The summed E-state index contributed by atoms with van der Waals surface area (Å²) in [6.45, 7) is 1.78. The topological polar surface area (TPSA) is 40.5 Å². The van der Waals surface area contributed by atoms with Crippen molar-refractivity contribution in [2.75, 3.05) is 19.7 Å². The lowest BCUT2D eigenvalue weighted by molar-refractivity contribution is -0.125. The van der Waals surface area contributed by atoms with Gasteiger partial charge in [0.15, 0.2) is 0 Å². The van der Waals surface area contributed by atoms with E-state index in [1.54, 1.807) is 0 Å². The number of rotatable bonds is 4. The van der Waals surface area contributed by atoms with Crippen molar-refractivity contribution >= 4 is 5.78 Å². The van der Waals surface area contributed by atoms with Gasteiger partial charge in [-0.2, -0.15) is 0 Å². The van der Waals surface area contributed by atoms with E-state index in [9.17, 15) is 9.90 Å². The second-order valence-electron chi connectivity index (χ2n) is 5.25. The molecule has 1 N–H and O–H groups in total. The second kappa shape index (κ2) is 5.78. The molecule has 1 atom stereocenters. The van der Waals surface area contributed by atoms with Crippen LogP contribution in [0.15, 0.2) is 0 Å². The first-order chi connectivity index (χ1) is 7.81. The van der Waals surface area contributed by atoms with Crippen molar-refractivity contribution in [2.24, 2.45) is 5.92 Å². The van der Waals surface area contributed by atoms with Crippen molar-refractivity contribution in [3.63, 3.8) is 0 Å². The van der Waals surface area contributed by atoms with Crippen LogP contribution >= 0.6 is 0 Å². The summed E-state index contributed by atoms with van der Waals surface area (Å²) in [5.74, 6) is 0.730. The summed E-state index contributed by atoms with van der Waals surface area (Å²) >= 11 is 0. The monoisotopic (exact) mass is 225 g/mol. The molecule has 0 aromatic heterocycles. The molecule has 1 unspecified atom stereocenters. The number of carbonyl (C=O) groups excluding carboxylic acids is 1. The molecule has 2 fully saturated rings. The normalized spacial score (nSPS) is 28.4. The number of likely N-dealkylation sites (tertiary alicyclic amines) is 1. The number of hydrogen-bond acceptors (Lipinski definition) is 3. The largest absolute Gasteiger partial charge is 0.395 e. The lowest BCUT2D eigenvalue weighted by Crippen LogP contribution is -2.38. The van der Waals surface area contributed by atoms with E-state index in [4.69, 9.17) is 0 Å². The third kappa shape index (κ3) is 2.83. The molecule has 0 amide bonds. The maximum Gasteiger partial charge on any atom is 0.149 e. The molecule has 2 rings (SSSR count). The third-order valence-corrected chi connectivity index (χ3v) is 4.13. The Morgan fingerprint density at radius 2 is 1.88 bits per heavy atom. The van der Waals surface area contributed by atoms with Gasteiger partial charge in [-0.1, -0.05) is 19.3 Å². The molecular formula is C13H23NO2. The Morgan fingerprint density at radius 1 is 1.12 bits per heavy atom. The van der Waals surface area contributed by atoms with Gasteiger partial charge in [0.05, 0.1) is 13.2 Å². The first-order valence-corrected chi connectivity index (χ1v) is 6.69. The number of aliphatic hydroxyl groups is 1. The quantitative estimate of drug-likeness (QED) is 0.790. The Bertz CT molecular complexity index is 236. The van der Waals surface area contributed by atoms with E-state index in [2.05, 4.69) is 4.90 Å². The second-order valence-corrected chi connectivity index (χ2v) is 5.25. The number of hydrogen-bond donors (Lipinski definition) is 1. The fourth-order valence-electron chi connectivity index (χ4n) is 3.06. The van der Waals surface area contributed by atoms with Gasteiger partial charge < -0.3 is 5.11 Å². The van der Waals surface area contributed by atoms with Gasteiger partial charge in [0.1, 0.15) is 5.78 Å². The van der Waals surface area contributed by atoms with Crippen molar-refractivity contribution in [1.82, 2.24) is 4.90 Å². The van der Waals surface area contributed by atoms with E-state index in [1.807, 2.05) is 0 Å². The van der Waals surface area contributed by atoms with E-state index in [-0.39, 0.29) is 12.6 Å². The number of Topliss-reactive ketones (excluding diaryl/α,β-unsaturated/α-hetero) is 1. The minimum absolute atomic E-state index is 0.206. The first-order valence-electron chi connectivity index (χ1n) is 6.69. The SMILES string of the molecule is O=C(CN1CCCC1CO)C1CCCCC1. The third-order valence-electron chi connectivity index (χ3n) is 4.13. The molecular weight excluding hydrogens is 202 g/mol. The fourth-order valence-corrected chi connectivity index (χ4v) is 3.06. The maximum absolute atomic E-state index is 12.1. The average molecular weight is 225 g/mol. The molecule has 0 aromatic rings. The smallest absolute Gasteiger partial charge is 0.149 e. The van der Waals surface area contributed by atoms with E-state index in [1.165, 1.54) is 19.3 Å². The number of aliphatic hydroxyl groups excluding tert-OH is 1. The van der Waals surface area contributed by atoms with Crippen molar-refractivity contribution < 1.29 is 9.90 Å². The summed E-state index contributed by atoms with van der Waals surface area (Å²) in [7, 11) is 0. The van der Waals surface area contributed by atoms with Crippen molar-refractivity contribution in [3.05, 3.63) is 0 Å². The molecule has 2 aliphatic rings. The molecule has 0 radical (unpaired) electrons. The van der Waals surface area contributed by atoms with E-state index in [0.29, 0.717) is 18.2 Å². The van der Waals surface area contributed by atoms with Crippen molar-refractivity contribution in [2.45, 2.75) is 51.0 Å². The van der Waals surface area contributed by atoms with Crippen LogP contribution < -0.4 is 0 Å². The Morgan fingerprint density at radius 3 is 2.56 bits per heavy atom. The molecule has 0 aromatic carbocycles. The Balaban J connectivity index is 1.81. The van der Waals surface area contributed by atoms with Gasteiger partial charge in [0.2, 0.25) is 0 Å². The summed E-state index contributed by atoms with van der Waals surface area (Å²) in [6, 6.07) is 0.243. The molecule has 3 nitrogen and oxygen atoms in total. The van der Waals surface area contributed by atoms with Gasteiger partial charge in [0, 0.05) is 12.0 Å². The van der Waals surface area contributed by atoms with Crippen LogP contribution in [0.25, 0.3) is 0 Å². The fraction of sp³-hybridized carbons (Fsp3) is 0.923. The van der Waals surface area contributed by atoms with Crippen LogP contribution in [0.5, 0.6) is 0 Å². The zero-order valence-corrected chi connectivity index (χ0v) is 10.0. The summed E-state index contributed by atoms with van der Waals surface area (Å²) < 4.78 is 0. The highest BCUT2D eigenvalue weighted by atomic mass is 16.3. The van der Waals surface area contributed by atoms with Gasteiger partial charge in [-0.25, -0.2) is 0 Å². The van der Waals surface area contributed by atoms with Gasteiger partial charge in [-0.3, -0.25) is 9.69 Å². The Hall–Kier alpha value is -0.410. The van der Waals surface area contributed by atoms with Crippen LogP contribution in [0.3, 0.4) is 0 Å².